The number of hydrogen-bond acceptors (Lipinski definition) is 2. The van der Waals surface area contributed by atoms with Crippen molar-refractivity contribution in [3.8, 4) is 5.69 Å². The van der Waals surface area contributed by atoms with Gasteiger partial charge < -0.3 is 10.6 Å². The molecule has 0 atom stereocenters. The van der Waals surface area contributed by atoms with Crippen LogP contribution in [0.15, 0.2) is 47.6 Å². The first-order valence-electron chi connectivity index (χ1n) is 8.31. The topological polar surface area (TPSA) is 54.2 Å². The SMILES string of the molecule is CCC(CC)CNC(=NC)NCc1ccn(-c2ccccc2)n1. The van der Waals surface area contributed by atoms with Crippen LogP contribution >= 0.6 is 0 Å². The van der Waals surface area contributed by atoms with Gasteiger partial charge in [0.1, 0.15) is 0 Å². The van der Waals surface area contributed by atoms with Gasteiger partial charge in [-0.25, -0.2) is 4.68 Å². The lowest BCUT2D eigenvalue weighted by molar-refractivity contribution is 0.481. The lowest BCUT2D eigenvalue weighted by atomic mass is 10.0. The molecule has 0 fully saturated rings. The average Bonchev–Trinajstić information content (AvgIpc) is 3.08. The molecule has 1 aromatic carbocycles. The monoisotopic (exact) mass is 313 g/mol. The van der Waals surface area contributed by atoms with Gasteiger partial charge in [-0.2, -0.15) is 5.10 Å². The highest BCUT2D eigenvalue weighted by Gasteiger charge is 2.06. The van der Waals surface area contributed by atoms with Crippen LogP contribution in [0.5, 0.6) is 0 Å². The molecule has 0 aliphatic heterocycles. The van der Waals surface area contributed by atoms with E-state index in [4.69, 9.17) is 0 Å². The van der Waals surface area contributed by atoms with E-state index in [1.807, 2.05) is 47.3 Å². The lowest BCUT2D eigenvalue weighted by Crippen LogP contribution is -2.39. The third-order valence-electron chi connectivity index (χ3n) is 4.04. The van der Waals surface area contributed by atoms with Crippen LogP contribution in [0.2, 0.25) is 0 Å². The molecule has 0 saturated carbocycles. The minimum absolute atomic E-state index is 0.655. The Morgan fingerprint density at radius 3 is 2.52 bits per heavy atom. The number of nitrogens with zero attached hydrogens (tertiary/aromatic N) is 3. The van der Waals surface area contributed by atoms with Crippen molar-refractivity contribution in [2.24, 2.45) is 10.9 Å². The second-order valence-corrected chi connectivity index (χ2v) is 5.58. The van der Waals surface area contributed by atoms with E-state index in [-0.39, 0.29) is 0 Å². The second kappa shape index (κ2) is 8.98. The van der Waals surface area contributed by atoms with Gasteiger partial charge in [0.05, 0.1) is 17.9 Å². The fourth-order valence-electron chi connectivity index (χ4n) is 2.39. The minimum Gasteiger partial charge on any atom is -0.356 e. The van der Waals surface area contributed by atoms with Crippen molar-refractivity contribution < 1.29 is 0 Å². The number of rotatable bonds is 7. The third-order valence-corrected chi connectivity index (χ3v) is 4.04. The van der Waals surface area contributed by atoms with E-state index in [2.05, 4.69) is 34.6 Å². The van der Waals surface area contributed by atoms with Crippen molar-refractivity contribution in [1.82, 2.24) is 20.4 Å². The van der Waals surface area contributed by atoms with Crippen molar-refractivity contribution in [3.63, 3.8) is 0 Å². The highest BCUT2D eigenvalue weighted by molar-refractivity contribution is 5.79. The molecule has 1 heterocycles. The van der Waals surface area contributed by atoms with Crippen molar-refractivity contribution in [2.45, 2.75) is 33.2 Å². The van der Waals surface area contributed by atoms with E-state index in [1.54, 1.807) is 7.05 Å². The summed E-state index contributed by atoms with van der Waals surface area (Å²) in [4.78, 5) is 4.27. The predicted molar refractivity (Wildman–Crippen MR) is 95.8 cm³/mol. The fraction of sp³-hybridized carbons (Fsp3) is 0.444. The van der Waals surface area contributed by atoms with Crippen LogP contribution in [-0.4, -0.2) is 29.3 Å². The van der Waals surface area contributed by atoms with Gasteiger partial charge in [-0.1, -0.05) is 44.9 Å². The van der Waals surface area contributed by atoms with E-state index in [1.165, 1.54) is 12.8 Å². The van der Waals surface area contributed by atoms with Gasteiger partial charge in [0.15, 0.2) is 5.96 Å². The van der Waals surface area contributed by atoms with Crippen LogP contribution in [0, 0.1) is 5.92 Å². The lowest BCUT2D eigenvalue weighted by Gasteiger charge is -2.16. The van der Waals surface area contributed by atoms with Crippen molar-refractivity contribution in [1.29, 1.82) is 0 Å². The molecule has 1 aromatic heterocycles. The molecule has 124 valence electrons. The number of aliphatic imine (C=N–C) groups is 1. The molecule has 0 amide bonds. The van der Waals surface area contributed by atoms with Crippen LogP contribution in [0.3, 0.4) is 0 Å². The number of para-hydroxylation sites is 1. The summed E-state index contributed by atoms with van der Waals surface area (Å²) in [6.45, 7) is 6.05. The highest BCUT2D eigenvalue weighted by Crippen LogP contribution is 2.07. The Labute approximate surface area is 138 Å². The second-order valence-electron chi connectivity index (χ2n) is 5.58. The zero-order valence-electron chi connectivity index (χ0n) is 14.3. The summed E-state index contributed by atoms with van der Waals surface area (Å²) in [5.41, 5.74) is 2.05. The molecule has 5 heteroatoms. The van der Waals surface area contributed by atoms with Crippen LogP contribution in [0.1, 0.15) is 32.4 Å². The number of aromatic nitrogens is 2. The normalized spacial score (nSPS) is 11.7. The summed E-state index contributed by atoms with van der Waals surface area (Å²) in [6, 6.07) is 12.1. The Balaban J connectivity index is 1.86. The van der Waals surface area contributed by atoms with E-state index in [9.17, 15) is 0 Å². The first kappa shape index (κ1) is 17.1. The molecular weight excluding hydrogens is 286 g/mol. The van der Waals surface area contributed by atoms with Gasteiger partial charge in [-0.15, -0.1) is 0 Å². The molecule has 0 bridgehead atoms. The maximum absolute atomic E-state index is 4.59. The molecule has 0 spiro atoms. The van der Waals surface area contributed by atoms with Crippen LogP contribution < -0.4 is 10.6 Å². The maximum atomic E-state index is 4.59. The van der Waals surface area contributed by atoms with Crippen molar-refractivity contribution >= 4 is 5.96 Å². The summed E-state index contributed by atoms with van der Waals surface area (Å²) in [5, 5.41) is 11.3. The quantitative estimate of drug-likeness (QED) is 0.610. The Kier molecular flexibility index (Phi) is 6.66. The zero-order valence-corrected chi connectivity index (χ0v) is 14.3. The molecule has 2 N–H and O–H groups in total. The highest BCUT2D eigenvalue weighted by atomic mass is 15.3. The molecular formula is C18H27N5. The first-order chi connectivity index (χ1) is 11.3. The molecule has 0 saturated heterocycles. The van der Waals surface area contributed by atoms with E-state index in [0.717, 1.165) is 23.9 Å². The number of nitrogens with one attached hydrogen (secondary N) is 2. The third kappa shape index (κ3) is 5.13. The van der Waals surface area contributed by atoms with Crippen LogP contribution in [0.25, 0.3) is 5.69 Å². The first-order valence-corrected chi connectivity index (χ1v) is 8.31. The van der Waals surface area contributed by atoms with E-state index < -0.39 is 0 Å². The molecule has 5 nitrogen and oxygen atoms in total. The standard InChI is InChI=1S/C18H27N5/c1-4-15(5-2)13-20-18(19-3)21-14-16-11-12-23(22-16)17-9-7-6-8-10-17/h6-12,15H,4-5,13-14H2,1-3H3,(H2,19,20,21). The molecule has 0 unspecified atom stereocenters. The summed E-state index contributed by atoms with van der Waals surface area (Å²) >= 11 is 0. The molecule has 2 rings (SSSR count). The zero-order chi connectivity index (χ0) is 16.5. The molecule has 0 aliphatic carbocycles. The summed E-state index contributed by atoms with van der Waals surface area (Å²) in [7, 11) is 1.80. The molecule has 0 aliphatic rings. The van der Waals surface area contributed by atoms with Crippen LogP contribution in [0.4, 0.5) is 0 Å². The van der Waals surface area contributed by atoms with Crippen molar-refractivity contribution in [2.75, 3.05) is 13.6 Å². The predicted octanol–water partition coefficient (Wildman–Crippen LogP) is 2.97. The van der Waals surface area contributed by atoms with Gasteiger partial charge in [0.25, 0.3) is 0 Å². The maximum Gasteiger partial charge on any atom is 0.191 e. The summed E-state index contributed by atoms with van der Waals surface area (Å²) < 4.78 is 1.89. The van der Waals surface area contributed by atoms with Gasteiger partial charge in [-0.05, 0) is 24.1 Å². The molecule has 0 radical (unpaired) electrons. The number of benzene rings is 1. The summed E-state index contributed by atoms with van der Waals surface area (Å²) in [5.74, 6) is 1.51. The van der Waals surface area contributed by atoms with Crippen molar-refractivity contribution in [3.05, 3.63) is 48.3 Å². The number of hydrogen-bond donors (Lipinski definition) is 2. The fourth-order valence-corrected chi connectivity index (χ4v) is 2.39. The van der Waals surface area contributed by atoms with E-state index in [0.29, 0.717) is 12.5 Å². The minimum atomic E-state index is 0.655. The number of guanidine groups is 1. The van der Waals surface area contributed by atoms with Gasteiger partial charge in [0.2, 0.25) is 0 Å². The average molecular weight is 313 g/mol. The Bertz CT molecular complexity index is 599. The Hall–Kier alpha value is -2.30. The molecule has 2 aromatic rings. The van der Waals surface area contributed by atoms with E-state index >= 15 is 0 Å². The van der Waals surface area contributed by atoms with Gasteiger partial charge in [-0.3, -0.25) is 4.99 Å². The van der Waals surface area contributed by atoms with Gasteiger partial charge in [0, 0.05) is 19.8 Å². The van der Waals surface area contributed by atoms with Gasteiger partial charge >= 0.3 is 0 Å². The largest absolute Gasteiger partial charge is 0.356 e. The smallest absolute Gasteiger partial charge is 0.191 e. The summed E-state index contributed by atoms with van der Waals surface area (Å²) in [6.07, 6.45) is 4.34. The molecule has 23 heavy (non-hydrogen) atoms. The Morgan fingerprint density at radius 1 is 1.13 bits per heavy atom. The Morgan fingerprint density at radius 2 is 1.87 bits per heavy atom. The van der Waals surface area contributed by atoms with Crippen LogP contribution in [-0.2, 0) is 6.54 Å².